The smallest absolute Gasteiger partial charge is 0.422 e. The highest BCUT2D eigenvalue weighted by Crippen LogP contribution is 2.36. The Kier molecular flexibility index (Phi) is 5.14. The number of nitrogens with zero attached hydrogens (tertiary/aromatic N) is 1. The zero-order valence-corrected chi connectivity index (χ0v) is 15.3. The number of halogens is 3. The topological polar surface area (TPSA) is 61.4 Å². The molecule has 3 rings (SSSR count). The Labute approximate surface area is 154 Å². The highest BCUT2D eigenvalue weighted by molar-refractivity contribution is 7.83. The fourth-order valence-electron chi connectivity index (χ4n) is 2.78. The Bertz CT molecular complexity index is 1070. The number of furan rings is 1. The summed E-state index contributed by atoms with van der Waals surface area (Å²) in [5, 5.41) is 0.463. The molecular weight excluding hydrogens is 383 g/mol. The van der Waals surface area contributed by atoms with E-state index in [9.17, 15) is 22.2 Å². The van der Waals surface area contributed by atoms with Gasteiger partial charge in [0.1, 0.15) is 5.75 Å². The Morgan fingerprint density at radius 1 is 1.22 bits per heavy atom. The van der Waals surface area contributed by atoms with E-state index in [4.69, 9.17) is 9.15 Å². The first kappa shape index (κ1) is 19.2. The molecular formula is C18H16F3NO4S. The van der Waals surface area contributed by atoms with E-state index in [1.165, 1.54) is 36.4 Å². The molecule has 0 aliphatic carbocycles. The quantitative estimate of drug-likeness (QED) is 0.658. The highest BCUT2D eigenvalue weighted by Gasteiger charge is 2.29. The second kappa shape index (κ2) is 7.22. The summed E-state index contributed by atoms with van der Waals surface area (Å²) in [6, 6.07) is 6.19. The molecule has 5 nitrogen and oxygen atoms in total. The van der Waals surface area contributed by atoms with E-state index in [2.05, 4.69) is 0 Å². The van der Waals surface area contributed by atoms with Crippen molar-refractivity contribution in [2.24, 2.45) is 7.05 Å². The summed E-state index contributed by atoms with van der Waals surface area (Å²) in [6.07, 6.45) is -0.0942. The molecule has 2 heterocycles. The number of hydrogen-bond acceptors (Lipinski definition) is 4. The van der Waals surface area contributed by atoms with Crippen molar-refractivity contribution in [3.05, 3.63) is 52.6 Å². The van der Waals surface area contributed by atoms with Crippen LogP contribution in [0.3, 0.4) is 0 Å². The van der Waals surface area contributed by atoms with Gasteiger partial charge in [0.05, 0.1) is 6.26 Å². The van der Waals surface area contributed by atoms with Gasteiger partial charge in [-0.15, -0.1) is 0 Å². The van der Waals surface area contributed by atoms with Crippen LogP contribution in [-0.2, 0) is 23.6 Å². The van der Waals surface area contributed by atoms with Crippen LogP contribution in [0.4, 0.5) is 13.2 Å². The van der Waals surface area contributed by atoms with Crippen LogP contribution in [0.15, 0.2) is 45.9 Å². The molecule has 1 aromatic carbocycles. The molecule has 2 aromatic heterocycles. The average molecular weight is 399 g/mol. The van der Waals surface area contributed by atoms with E-state index in [1.54, 1.807) is 18.2 Å². The molecule has 0 fully saturated rings. The van der Waals surface area contributed by atoms with Crippen LogP contribution in [0.2, 0.25) is 0 Å². The third-order valence-electron chi connectivity index (χ3n) is 3.89. The Hall–Kier alpha value is -2.55. The molecule has 0 radical (unpaired) electrons. The molecule has 0 aliphatic heterocycles. The minimum absolute atomic E-state index is 0.0131. The number of rotatable bonds is 5. The Morgan fingerprint density at radius 3 is 2.63 bits per heavy atom. The van der Waals surface area contributed by atoms with E-state index in [0.29, 0.717) is 22.1 Å². The molecule has 3 aromatic rings. The van der Waals surface area contributed by atoms with Crippen LogP contribution in [-0.4, -0.2) is 27.8 Å². The second-order valence-corrected chi connectivity index (χ2v) is 7.51. The standard InChI is InChI=1S/C18H16F3NO4S/c1-22-8-14(12-5-6-25-16(12)17(22)23)13-7-11(9-27(2)24)3-4-15(13)26-10-18(19,20)21/h3-8H,9-10H2,1-2H3. The summed E-state index contributed by atoms with van der Waals surface area (Å²) in [6.45, 7) is -1.45. The van der Waals surface area contributed by atoms with Crippen molar-refractivity contribution in [1.29, 1.82) is 0 Å². The van der Waals surface area contributed by atoms with Crippen LogP contribution in [0.5, 0.6) is 5.75 Å². The van der Waals surface area contributed by atoms with E-state index >= 15 is 0 Å². The minimum Gasteiger partial charge on any atom is -0.483 e. The van der Waals surface area contributed by atoms with E-state index in [-0.39, 0.29) is 22.6 Å². The van der Waals surface area contributed by atoms with E-state index < -0.39 is 23.6 Å². The van der Waals surface area contributed by atoms with Gasteiger partial charge in [0.2, 0.25) is 0 Å². The molecule has 0 saturated carbocycles. The summed E-state index contributed by atoms with van der Waals surface area (Å²) in [5.74, 6) is 0.256. The third-order valence-corrected chi connectivity index (χ3v) is 4.63. The number of fused-ring (bicyclic) bond motifs is 1. The molecule has 27 heavy (non-hydrogen) atoms. The molecule has 1 atom stereocenters. The summed E-state index contributed by atoms with van der Waals surface area (Å²) in [5.41, 5.74) is 1.27. The molecule has 0 aliphatic rings. The number of benzene rings is 1. The largest absolute Gasteiger partial charge is 0.483 e. The molecule has 0 bridgehead atoms. The molecule has 0 spiro atoms. The SMILES string of the molecule is Cn1cc(-c2cc(CS(C)=O)ccc2OCC(F)(F)F)c2ccoc2c1=O. The highest BCUT2D eigenvalue weighted by atomic mass is 32.2. The maximum Gasteiger partial charge on any atom is 0.422 e. The minimum atomic E-state index is -4.49. The van der Waals surface area contributed by atoms with Gasteiger partial charge in [-0.25, -0.2) is 0 Å². The van der Waals surface area contributed by atoms with Crippen LogP contribution in [0.25, 0.3) is 22.1 Å². The van der Waals surface area contributed by atoms with Gasteiger partial charge >= 0.3 is 6.18 Å². The molecule has 9 heteroatoms. The molecule has 1 unspecified atom stereocenters. The van der Waals surface area contributed by atoms with Crippen molar-refractivity contribution in [3.8, 4) is 16.9 Å². The summed E-state index contributed by atoms with van der Waals surface area (Å²) >= 11 is 0. The number of aryl methyl sites for hydroxylation is 1. The predicted molar refractivity (Wildman–Crippen MR) is 96.2 cm³/mol. The first-order chi connectivity index (χ1) is 12.7. The Morgan fingerprint density at radius 2 is 1.96 bits per heavy atom. The van der Waals surface area contributed by atoms with Gasteiger partial charge in [-0.1, -0.05) is 6.07 Å². The van der Waals surface area contributed by atoms with Crippen LogP contribution >= 0.6 is 0 Å². The van der Waals surface area contributed by atoms with Crippen molar-refractivity contribution in [1.82, 2.24) is 4.57 Å². The van der Waals surface area contributed by atoms with Crippen molar-refractivity contribution < 1.29 is 26.5 Å². The van der Waals surface area contributed by atoms with Gasteiger partial charge in [-0.3, -0.25) is 9.00 Å². The van der Waals surface area contributed by atoms with Crippen LogP contribution < -0.4 is 10.3 Å². The second-order valence-electron chi connectivity index (χ2n) is 6.07. The van der Waals surface area contributed by atoms with Gasteiger partial charge in [0, 0.05) is 52.6 Å². The number of ether oxygens (including phenoxy) is 1. The lowest BCUT2D eigenvalue weighted by Crippen LogP contribution is -2.20. The van der Waals surface area contributed by atoms with Crippen molar-refractivity contribution in [2.75, 3.05) is 12.9 Å². The van der Waals surface area contributed by atoms with Gasteiger partial charge in [0.15, 0.2) is 12.2 Å². The average Bonchev–Trinajstić information content (AvgIpc) is 3.05. The zero-order chi connectivity index (χ0) is 19.8. The first-order valence-electron chi connectivity index (χ1n) is 7.85. The third kappa shape index (κ3) is 4.24. The van der Waals surface area contributed by atoms with Crippen molar-refractivity contribution in [3.63, 3.8) is 0 Å². The van der Waals surface area contributed by atoms with Gasteiger partial charge < -0.3 is 13.7 Å². The Balaban J connectivity index is 2.19. The fraction of sp³-hybridized carbons (Fsp3) is 0.278. The normalized spacial score (nSPS) is 13.1. The number of hydrogen-bond donors (Lipinski definition) is 0. The van der Waals surface area contributed by atoms with Gasteiger partial charge in [0.25, 0.3) is 5.56 Å². The van der Waals surface area contributed by atoms with Crippen molar-refractivity contribution >= 4 is 21.8 Å². The number of alkyl halides is 3. The maximum atomic E-state index is 12.6. The summed E-state index contributed by atoms with van der Waals surface area (Å²) < 4.78 is 60.9. The van der Waals surface area contributed by atoms with E-state index in [1.807, 2.05) is 0 Å². The fourth-order valence-corrected chi connectivity index (χ4v) is 3.43. The van der Waals surface area contributed by atoms with Gasteiger partial charge in [-0.2, -0.15) is 13.2 Å². The van der Waals surface area contributed by atoms with Crippen molar-refractivity contribution in [2.45, 2.75) is 11.9 Å². The lowest BCUT2D eigenvalue weighted by molar-refractivity contribution is -0.153. The summed E-state index contributed by atoms with van der Waals surface area (Å²) in [7, 11) is 0.395. The summed E-state index contributed by atoms with van der Waals surface area (Å²) in [4.78, 5) is 12.2. The van der Waals surface area contributed by atoms with Gasteiger partial charge in [-0.05, 0) is 23.8 Å². The molecule has 144 valence electrons. The monoisotopic (exact) mass is 399 g/mol. The lowest BCUT2D eigenvalue weighted by Gasteiger charge is -2.15. The van der Waals surface area contributed by atoms with Crippen LogP contribution in [0, 0.1) is 0 Å². The number of pyridine rings is 1. The zero-order valence-electron chi connectivity index (χ0n) is 14.5. The van der Waals surface area contributed by atoms with Crippen LogP contribution in [0.1, 0.15) is 5.56 Å². The molecule has 0 N–H and O–H groups in total. The predicted octanol–water partition coefficient (Wildman–Crippen LogP) is 3.62. The lowest BCUT2D eigenvalue weighted by atomic mass is 10.0. The molecule has 0 amide bonds. The number of aromatic nitrogens is 1. The first-order valence-corrected chi connectivity index (χ1v) is 9.58. The van der Waals surface area contributed by atoms with E-state index in [0.717, 1.165) is 0 Å². The maximum absolute atomic E-state index is 12.6. The molecule has 0 saturated heterocycles.